The summed E-state index contributed by atoms with van der Waals surface area (Å²) in [7, 11) is 3.24. The van der Waals surface area contributed by atoms with Gasteiger partial charge < -0.3 is 15.0 Å². The summed E-state index contributed by atoms with van der Waals surface area (Å²) in [5, 5.41) is 2.88. The van der Waals surface area contributed by atoms with Gasteiger partial charge in [-0.1, -0.05) is 66.7 Å². The maximum Gasteiger partial charge on any atom is 0.257 e. The molecule has 33 heavy (non-hydrogen) atoms. The molecule has 0 saturated carbocycles. The Morgan fingerprint density at radius 2 is 1.67 bits per heavy atom. The number of carbonyl (C=O) groups excluding carboxylic acids is 2. The molecule has 1 fully saturated rings. The van der Waals surface area contributed by atoms with Gasteiger partial charge in [0.05, 0.1) is 18.1 Å². The smallest absolute Gasteiger partial charge is 0.257 e. The number of methoxy groups -OCH3 is 1. The second-order valence-corrected chi connectivity index (χ2v) is 8.59. The summed E-state index contributed by atoms with van der Waals surface area (Å²) in [6.07, 6.45) is 2.06. The van der Waals surface area contributed by atoms with Gasteiger partial charge in [0.25, 0.3) is 5.91 Å². The van der Waals surface area contributed by atoms with Gasteiger partial charge in [-0.25, -0.2) is 0 Å². The average Bonchev–Trinajstić information content (AvgIpc) is 2.88. The minimum absolute atomic E-state index is 0.0251. The first kappa shape index (κ1) is 22.6. The molecule has 0 aromatic heterocycles. The highest BCUT2D eigenvalue weighted by molar-refractivity contribution is 5.97. The molecule has 3 aromatic rings. The number of rotatable bonds is 6. The van der Waals surface area contributed by atoms with Crippen molar-refractivity contribution >= 4 is 11.8 Å². The monoisotopic (exact) mass is 442 g/mol. The number of likely N-dealkylation sites (tertiary alicyclic amines) is 1. The zero-order chi connectivity index (χ0) is 23.3. The number of piperidine rings is 1. The fraction of sp³-hybridized carbons (Fsp3) is 0.286. The van der Waals surface area contributed by atoms with E-state index in [9.17, 15) is 9.59 Å². The number of ether oxygens (including phenoxy) is 1. The summed E-state index contributed by atoms with van der Waals surface area (Å²) in [6.45, 7) is 0.989. The van der Waals surface area contributed by atoms with Gasteiger partial charge in [-0.2, -0.15) is 0 Å². The minimum Gasteiger partial charge on any atom is -0.496 e. The number of hydrogen-bond acceptors (Lipinski definition) is 3. The number of para-hydroxylation sites is 1. The van der Waals surface area contributed by atoms with Crippen molar-refractivity contribution in [3.8, 4) is 16.9 Å². The van der Waals surface area contributed by atoms with Crippen molar-refractivity contribution in [3.05, 3.63) is 90.0 Å². The Morgan fingerprint density at radius 3 is 2.42 bits per heavy atom. The van der Waals surface area contributed by atoms with Crippen molar-refractivity contribution in [1.82, 2.24) is 10.2 Å². The third-order valence-corrected chi connectivity index (χ3v) is 6.54. The molecule has 5 nitrogen and oxygen atoms in total. The fourth-order valence-electron chi connectivity index (χ4n) is 4.91. The first-order valence-electron chi connectivity index (χ1n) is 11.4. The summed E-state index contributed by atoms with van der Waals surface area (Å²) in [4.78, 5) is 28.5. The Kier molecular flexibility index (Phi) is 6.78. The lowest BCUT2D eigenvalue weighted by Crippen LogP contribution is -2.54. The van der Waals surface area contributed by atoms with Gasteiger partial charge >= 0.3 is 0 Å². The molecule has 0 aliphatic carbocycles. The molecule has 1 atom stereocenters. The second-order valence-electron chi connectivity index (χ2n) is 8.59. The van der Waals surface area contributed by atoms with Gasteiger partial charge in [0, 0.05) is 20.1 Å². The van der Waals surface area contributed by atoms with Gasteiger partial charge in [-0.15, -0.1) is 0 Å². The largest absolute Gasteiger partial charge is 0.496 e. The molecule has 3 aromatic carbocycles. The highest BCUT2D eigenvalue weighted by Gasteiger charge is 2.43. The third-order valence-electron chi connectivity index (χ3n) is 6.54. The lowest BCUT2D eigenvalue weighted by atomic mass is 9.73. The zero-order valence-electron chi connectivity index (χ0n) is 19.2. The van der Waals surface area contributed by atoms with E-state index in [4.69, 9.17) is 4.74 Å². The molecule has 0 bridgehead atoms. The van der Waals surface area contributed by atoms with Crippen LogP contribution in [0.5, 0.6) is 5.75 Å². The van der Waals surface area contributed by atoms with Crippen molar-refractivity contribution in [2.24, 2.45) is 5.41 Å². The van der Waals surface area contributed by atoms with Crippen molar-refractivity contribution in [3.63, 3.8) is 0 Å². The SMILES string of the molecule is CNC(=O)C1(Cc2ccccc2-c2ccccc2)CCCN(C(=O)c2ccccc2OC)C1. The molecule has 1 heterocycles. The summed E-state index contributed by atoms with van der Waals surface area (Å²) in [5.41, 5.74) is 3.18. The minimum atomic E-state index is -0.699. The molecule has 170 valence electrons. The molecule has 1 aliphatic rings. The quantitative estimate of drug-likeness (QED) is 0.608. The Balaban J connectivity index is 1.68. The third kappa shape index (κ3) is 4.63. The highest BCUT2D eigenvalue weighted by atomic mass is 16.5. The van der Waals surface area contributed by atoms with Crippen LogP contribution in [0.4, 0.5) is 0 Å². The van der Waals surface area contributed by atoms with Crippen LogP contribution in [0.25, 0.3) is 11.1 Å². The molecular formula is C28H30N2O3. The topological polar surface area (TPSA) is 58.6 Å². The van der Waals surface area contributed by atoms with Crippen LogP contribution in [0.15, 0.2) is 78.9 Å². The molecule has 4 rings (SSSR count). The molecule has 1 aliphatic heterocycles. The highest BCUT2D eigenvalue weighted by Crippen LogP contribution is 2.38. The fourth-order valence-corrected chi connectivity index (χ4v) is 4.91. The van der Waals surface area contributed by atoms with E-state index < -0.39 is 5.41 Å². The predicted molar refractivity (Wildman–Crippen MR) is 130 cm³/mol. The Morgan fingerprint density at radius 1 is 0.970 bits per heavy atom. The lowest BCUT2D eigenvalue weighted by molar-refractivity contribution is -0.133. The molecule has 1 unspecified atom stereocenters. The average molecular weight is 443 g/mol. The van der Waals surface area contributed by atoms with E-state index >= 15 is 0 Å². The first-order chi connectivity index (χ1) is 16.1. The van der Waals surface area contributed by atoms with E-state index in [0.29, 0.717) is 30.8 Å². The van der Waals surface area contributed by atoms with Crippen molar-refractivity contribution < 1.29 is 14.3 Å². The Bertz CT molecular complexity index is 1130. The number of amides is 2. The first-order valence-corrected chi connectivity index (χ1v) is 11.4. The Hall–Kier alpha value is -3.60. The van der Waals surface area contributed by atoms with Crippen molar-refractivity contribution in [2.45, 2.75) is 19.3 Å². The van der Waals surface area contributed by atoms with Gasteiger partial charge in [0.1, 0.15) is 5.75 Å². The maximum absolute atomic E-state index is 13.4. The van der Waals surface area contributed by atoms with E-state index in [0.717, 1.165) is 29.5 Å². The number of nitrogens with zero attached hydrogens (tertiary/aromatic N) is 1. The van der Waals surface area contributed by atoms with Gasteiger partial charge in [-0.05, 0) is 48.1 Å². The predicted octanol–water partition coefficient (Wildman–Crippen LogP) is 4.57. The van der Waals surface area contributed by atoms with Crippen LogP contribution in [0.1, 0.15) is 28.8 Å². The van der Waals surface area contributed by atoms with Crippen LogP contribution < -0.4 is 10.1 Å². The summed E-state index contributed by atoms with van der Waals surface area (Å²) < 4.78 is 5.41. The van der Waals surface area contributed by atoms with E-state index in [-0.39, 0.29) is 11.8 Å². The van der Waals surface area contributed by atoms with E-state index in [2.05, 4.69) is 29.6 Å². The van der Waals surface area contributed by atoms with Crippen LogP contribution in [0.2, 0.25) is 0 Å². The number of benzene rings is 3. The zero-order valence-corrected chi connectivity index (χ0v) is 19.2. The summed E-state index contributed by atoms with van der Waals surface area (Å²) in [5.74, 6) is 0.424. The van der Waals surface area contributed by atoms with Gasteiger partial charge in [0.2, 0.25) is 5.91 Å². The molecule has 1 saturated heterocycles. The molecule has 2 amide bonds. The van der Waals surface area contributed by atoms with Gasteiger partial charge in [0.15, 0.2) is 0 Å². The molecule has 0 radical (unpaired) electrons. The van der Waals surface area contributed by atoms with E-state index in [1.807, 2.05) is 47.4 Å². The maximum atomic E-state index is 13.4. The second kappa shape index (κ2) is 9.90. The standard InChI is InChI=1S/C28H30N2O3/c1-29-27(32)28(19-22-13-6-7-14-23(22)21-11-4-3-5-12-21)17-10-18-30(20-28)26(31)24-15-8-9-16-25(24)33-2/h3-9,11-16H,10,17-20H2,1-2H3,(H,29,32). The van der Waals surface area contributed by atoms with Crippen molar-refractivity contribution in [1.29, 1.82) is 0 Å². The van der Waals surface area contributed by atoms with Crippen LogP contribution in [-0.4, -0.2) is 44.0 Å². The van der Waals surface area contributed by atoms with Crippen LogP contribution in [-0.2, 0) is 11.2 Å². The molecule has 1 N–H and O–H groups in total. The number of hydrogen-bond donors (Lipinski definition) is 1. The van der Waals surface area contributed by atoms with E-state index in [1.54, 1.807) is 26.3 Å². The molecular weight excluding hydrogens is 412 g/mol. The summed E-state index contributed by atoms with van der Waals surface area (Å²) >= 11 is 0. The lowest BCUT2D eigenvalue weighted by Gasteiger charge is -2.42. The molecule has 5 heteroatoms. The Labute approximate surface area is 195 Å². The molecule has 0 spiro atoms. The number of nitrogens with one attached hydrogen (secondary N) is 1. The van der Waals surface area contributed by atoms with Crippen molar-refractivity contribution in [2.75, 3.05) is 27.2 Å². The van der Waals surface area contributed by atoms with E-state index in [1.165, 1.54) is 0 Å². The van der Waals surface area contributed by atoms with Crippen LogP contribution in [0.3, 0.4) is 0 Å². The number of carbonyl (C=O) groups is 2. The van der Waals surface area contributed by atoms with Crippen LogP contribution >= 0.6 is 0 Å². The van der Waals surface area contributed by atoms with Gasteiger partial charge in [-0.3, -0.25) is 9.59 Å². The van der Waals surface area contributed by atoms with Crippen LogP contribution in [0, 0.1) is 5.41 Å². The normalized spacial score (nSPS) is 17.9. The summed E-state index contributed by atoms with van der Waals surface area (Å²) in [6, 6.07) is 25.7.